The Labute approximate surface area is 161 Å². The summed E-state index contributed by atoms with van der Waals surface area (Å²) >= 11 is 0. The highest BCUT2D eigenvalue weighted by Crippen LogP contribution is 2.46. The molecule has 0 bridgehead atoms. The maximum Gasteiger partial charge on any atom is 0.335 e. The molecule has 1 fully saturated rings. The van der Waals surface area contributed by atoms with Crippen LogP contribution in [0.2, 0.25) is 0 Å². The number of ether oxygens (including phenoxy) is 1. The van der Waals surface area contributed by atoms with E-state index in [0.29, 0.717) is 0 Å². The van der Waals surface area contributed by atoms with Crippen molar-refractivity contribution < 1.29 is 19.6 Å². The van der Waals surface area contributed by atoms with Gasteiger partial charge in [-0.3, -0.25) is 10.1 Å². The fraction of sp³-hybridized carbons (Fsp3) is 0.227. The number of nitrogens with zero attached hydrogens (tertiary/aromatic N) is 1. The van der Waals surface area contributed by atoms with Crippen molar-refractivity contribution in [3.8, 4) is 5.75 Å². The number of nitro benzene ring substituents is 1. The minimum atomic E-state index is -1.15. The van der Waals surface area contributed by atoms with Crippen LogP contribution in [0.4, 0.5) is 5.69 Å². The second-order valence-electron chi connectivity index (χ2n) is 7.07. The summed E-state index contributed by atoms with van der Waals surface area (Å²) in [7, 11) is 0. The van der Waals surface area contributed by atoms with Crippen molar-refractivity contribution in [3.05, 3.63) is 81.9 Å². The summed E-state index contributed by atoms with van der Waals surface area (Å²) < 4.78 is 6.34. The molecule has 1 saturated carbocycles. The number of carboxylic acids is 1. The number of benzene rings is 3. The van der Waals surface area contributed by atoms with E-state index in [1.165, 1.54) is 18.2 Å². The molecule has 1 aliphatic rings. The summed E-state index contributed by atoms with van der Waals surface area (Å²) in [5.74, 6) is -1.15. The van der Waals surface area contributed by atoms with Gasteiger partial charge < -0.3 is 9.84 Å². The molecule has 0 atom stereocenters. The molecule has 1 aliphatic carbocycles. The van der Waals surface area contributed by atoms with Crippen LogP contribution in [0, 0.1) is 10.1 Å². The van der Waals surface area contributed by atoms with Gasteiger partial charge in [0.05, 0.1) is 10.5 Å². The van der Waals surface area contributed by atoms with Gasteiger partial charge in [-0.1, -0.05) is 42.5 Å². The van der Waals surface area contributed by atoms with E-state index in [4.69, 9.17) is 4.74 Å². The van der Waals surface area contributed by atoms with E-state index in [2.05, 4.69) is 0 Å². The second kappa shape index (κ2) is 6.96. The van der Waals surface area contributed by atoms with Gasteiger partial charge >= 0.3 is 11.7 Å². The molecular formula is C22H19NO5. The molecule has 0 amide bonds. The molecule has 3 aromatic carbocycles. The SMILES string of the molecule is O=C(O)c1ccc([N+](=O)[O-])c(OC2(c3cccc4ccccc34)CCCC2)c1. The highest BCUT2D eigenvalue weighted by atomic mass is 16.6. The van der Waals surface area contributed by atoms with Crippen LogP contribution in [0.15, 0.2) is 60.7 Å². The Morgan fingerprint density at radius 2 is 1.75 bits per heavy atom. The van der Waals surface area contributed by atoms with Gasteiger partial charge in [-0.25, -0.2) is 4.79 Å². The standard InChI is InChI=1S/C22H19NO5/c24-21(25)16-10-11-19(23(26)27)20(14-16)28-22(12-3-4-13-22)18-9-5-7-15-6-1-2-8-17(15)18/h1-2,5-11,14H,3-4,12-13H2,(H,24,25). The van der Waals surface area contributed by atoms with Crippen molar-refractivity contribution in [2.24, 2.45) is 0 Å². The smallest absolute Gasteiger partial charge is 0.335 e. The van der Waals surface area contributed by atoms with E-state index < -0.39 is 16.5 Å². The van der Waals surface area contributed by atoms with Crippen molar-refractivity contribution in [2.75, 3.05) is 0 Å². The molecule has 28 heavy (non-hydrogen) atoms. The normalized spacial score (nSPS) is 15.4. The van der Waals surface area contributed by atoms with Gasteiger partial charge in [-0.05, 0) is 42.5 Å². The second-order valence-corrected chi connectivity index (χ2v) is 7.07. The molecule has 0 unspecified atom stereocenters. The van der Waals surface area contributed by atoms with Gasteiger partial charge in [-0.15, -0.1) is 0 Å². The summed E-state index contributed by atoms with van der Waals surface area (Å²) in [6.07, 6.45) is 3.32. The van der Waals surface area contributed by atoms with Crippen molar-refractivity contribution in [2.45, 2.75) is 31.3 Å². The first kappa shape index (κ1) is 18.0. The number of fused-ring (bicyclic) bond motifs is 1. The predicted molar refractivity (Wildman–Crippen MR) is 105 cm³/mol. The quantitative estimate of drug-likeness (QED) is 0.482. The van der Waals surface area contributed by atoms with E-state index in [-0.39, 0.29) is 17.0 Å². The number of hydrogen-bond donors (Lipinski definition) is 1. The number of carboxylic acid groups (broad SMARTS) is 1. The number of carbonyl (C=O) groups is 1. The number of nitro groups is 1. The number of hydrogen-bond acceptors (Lipinski definition) is 4. The van der Waals surface area contributed by atoms with Crippen LogP contribution in [-0.4, -0.2) is 16.0 Å². The van der Waals surface area contributed by atoms with Crippen LogP contribution in [0.1, 0.15) is 41.6 Å². The average molecular weight is 377 g/mol. The van der Waals surface area contributed by atoms with Crippen molar-refractivity contribution >= 4 is 22.4 Å². The summed E-state index contributed by atoms with van der Waals surface area (Å²) in [4.78, 5) is 22.3. The third kappa shape index (κ3) is 3.07. The van der Waals surface area contributed by atoms with Crippen LogP contribution in [0.5, 0.6) is 5.75 Å². The maximum atomic E-state index is 11.5. The van der Waals surface area contributed by atoms with Gasteiger partial charge in [-0.2, -0.15) is 0 Å². The third-order valence-electron chi connectivity index (χ3n) is 5.40. The van der Waals surface area contributed by atoms with Crippen LogP contribution in [0.3, 0.4) is 0 Å². The Hall–Kier alpha value is -3.41. The van der Waals surface area contributed by atoms with E-state index in [0.717, 1.165) is 42.0 Å². The van der Waals surface area contributed by atoms with Crippen molar-refractivity contribution in [3.63, 3.8) is 0 Å². The van der Waals surface area contributed by atoms with Gasteiger partial charge in [0, 0.05) is 17.7 Å². The minimum Gasteiger partial charge on any atom is -0.478 e. The van der Waals surface area contributed by atoms with Crippen molar-refractivity contribution in [1.29, 1.82) is 0 Å². The van der Waals surface area contributed by atoms with Gasteiger partial charge in [0.1, 0.15) is 5.60 Å². The first-order valence-corrected chi connectivity index (χ1v) is 9.19. The molecule has 0 aliphatic heterocycles. The summed E-state index contributed by atoms with van der Waals surface area (Å²) in [5, 5.41) is 22.9. The molecule has 0 saturated heterocycles. The maximum absolute atomic E-state index is 11.5. The zero-order valence-electron chi connectivity index (χ0n) is 15.1. The Balaban J connectivity index is 1.87. The fourth-order valence-electron chi connectivity index (χ4n) is 4.09. The summed E-state index contributed by atoms with van der Waals surface area (Å²) in [6, 6.07) is 17.6. The fourth-order valence-corrected chi connectivity index (χ4v) is 4.09. The highest BCUT2D eigenvalue weighted by molar-refractivity contribution is 5.89. The van der Waals surface area contributed by atoms with Gasteiger partial charge in [0.2, 0.25) is 0 Å². The molecule has 4 rings (SSSR count). The molecule has 0 spiro atoms. The molecule has 3 aromatic rings. The highest BCUT2D eigenvalue weighted by Gasteiger charge is 2.40. The van der Waals surface area contributed by atoms with Crippen molar-refractivity contribution in [1.82, 2.24) is 0 Å². The first-order chi connectivity index (χ1) is 13.5. The lowest BCUT2D eigenvalue weighted by Crippen LogP contribution is -2.30. The van der Waals surface area contributed by atoms with Crippen LogP contribution in [-0.2, 0) is 5.60 Å². The lowest BCUT2D eigenvalue weighted by atomic mass is 9.87. The lowest BCUT2D eigenvalue weighted by Gasteiger charge is -2.32. The topological polar surface area (TPSA) is 89.7 Å². The molecule has 0 radical (unpaired) electrons. The molecular weight excluding hydrogens is 358 g/mol. The zero-order valence-corrected chi connectivity index (χ0v) is 15.1. The predicted octanol–water partition coefficient (Wildman–Crippen LogP) is 5.29. The summed E-state index contributed by atoms with van der Waals surface area (Å²) in [6.45, 7) is 0. The third-order valence-corrected chi connectivity index (χ3v) is 5.40. The molecule has 0 aromatic heterocycles. The molecule has 142 valence electrons. The Bertz CT molecular complexity index is 1060. The molecule has 6 nitrogen and oxygen atoms in total. The van der Waals surface area contributed by atoms with Crippen LogP contribution in [0.25, 0.3) is 10.8 Å². The number of rotatable bonds is 5. The van der Waals surface area contributed by atoms with Crippen LogP contribution < -0.4 is 4.74 Å². The van der Waals surface area contributed by atoms with E-state index >= 15 is 0 Å². The monoisotopic (exact) mass is 377 g/mol. The summed E-state index contributed by atoms with van der Waals surface area (Å²) in [5.41, 5.74) is 0.00394. The van der Waals surface area contributed by atoms with Crippen LogP contribution >= 0.6 is 0 Å². The molecule has 6 heteroatoms. The lowest BCUT2D eigenvalue weighted by molar-refractivity contribution is -0.386. The van der Waals surface area contributed by atoms with Gasteiger partial charge in [0.25, 0.3) is 0 Å². The van der Waals surface area contributed by atoms with E-state index in [1.54, 1.807) is 0 Å². The Morgan fingerprint density at radius 1 is 1.04 bits per heavy atom. The molecule has 1 N–H and O–H groups in total. The Morgan fingerprint density at radius 3 is 2.46 bits per heavy atom. The average Bonchev–Trinajstić information content (AvgIpc) is 3.16. The largest absolute Gasteiger partial charge is 0.478 e. The Kier molecular flexibility index (Phi) is 4.47. The zero-order chi connectivity index (χ0) is 19.7. The number of aromatic carboxylic acids is 1. The minimum absolute atomic E-state index is 0.000246. The van der Waals surface area contributed by atoms with E-state index in [9.17, 15) is 20.0 Å². The van der Waals surface area contributed by atoms with E-state index in [1.807, 2.05) is 42.5 Å². The first-order valence-electron chi connectivity index (χ1n) is 9.19. The molecule has 0 heterocycles. The van der Waals surface area contributed by atoms with Gasteiger partial charge in [0.15, 0.2) is 5.75 Å².